The van der Waals surface area contributed by atoms with Gasteiger partial charge in [-0.2, -0.15) is 0 Å². The largest absolute Gasteiger partial charge is 0.491 e. The van der Waals surface area contributed by atoms with Gasteiger partial charge in [0.05, 0.1) is 29.7 Å². The number of carbonyl (C=O) groups is 1. The van der Waals surface area contributed by atoms with E-state index in [-0.39, 0.29) is 5.91 Å². The number of nitrogens with one attached hydrogen (secondary N) is 1. The second-order valence-electron chi connectivity index (χ2n) is 3.85. The van der Waals surface area contributed by atoms with Crippen LogP contribution in [-0.2, 0) is 0 Å². The summed E-state index contributed by atoms with van der Waals surface area (Å²) in [6.07, 6.45) is 3.21. The molecule has 5 nitrogen and oxygen atoms in total. The van der Waals surface area contributed by atoms with Gasteiger partial charge in [0, 0.05) is 6.20 Å². The third-order valence-electron chi connectivity index (χ3n) is 2.50. The molecule has 0 aliphatic carbocycles. The van der Waals surface area contributed by atoms with Crippen molar-refractivity contribution in [2.75, 3.05) is 17.7 Å². The Morgan fingerprint density at radius 1 is 1.37 bits per heavy atom. The van der Waals surface area contributed by atoms with Gasteiger partial charge in [-0.3, -0.25) is 9.78 Å². The lowest BCUT2D eigenvalue weighted by atomic mass is 10.1. The van der Waals surface area contributed by atoms with Crippen LogP contribution in [0.4, 0.5) is 11.4 Å². The van der Waals surface area contributed by atoms with Gasteiger partial charge in [0.25, 0.3) is 5.91 Å². The van der Waals surface area contributed by atoms with Gasteiger partial charge in [-0.1, -0.05) is 6.07 Å². The molecule has 2 aromatic rings. The quantitative estimate of drug-likeness (QED) is 0.824. The number of aromatic nitrogens is 1. The molecule has 0 radical (unpaired) electrons. The molecule has 5 heteroatoms. The lowest BCUT2D eigenvalue weighted by Gasteiger charge is -2.12. The summed E-state index contributed by atoms with van der Waals surface area (Å²) in [6, 6.07) is 8.60. The molecule has 98 valence electrons. The van der Waals surface area contributed by atoms with E-state index in [0.717, 1.165) is 0 Å². The highest BCUT2D eigenvalue weighted by Gasteiger charge is 2.14. The lowest BCUT2D eigenvalue weighted by Crippen LogP contribution is -2.14. The van der Waals surface area contributed by atoms with Gasteiger partial charge in [-0.25, -0.2) is 0 Å². The number of nitrogen functional groups attached to an aromatic ring is 1. The lowest BCUT2D eigenvalue weighted by molar-refractivity contribution is 0.102. The fraction of sp³-hybridized carbons (Fsp3) is 0.143. The predicted molar refractivity (Wildman–Crippen MR) is 74.2 cm³/mol. The maximum atomic E-state index is 12.2. The summed E-state index contributed by atoms with van der Waals surface area (Å²) in [5.41, 5.74) is 7.30. The topological polar surface area (TPSA) is 77.2 Å². The third-order valence-corrected chi connectivity index (χ3v) is 2.50. The molecule has 0 spiro atoms. The Hall–Kier alpha value is -2.56. The minimum atomic E-state index is -0.274. The number of anilines is 2. The molecule has 3 N–H and O–H groups in total. The molecule has 1 amide bonds. The van der Waals surface area contributed by atoms with Crippen LogP contribution in [0.15, 0.2) is 42.7 Å². The molecule has 2 rings (SSSR count). The number of hydrogen-bond acceptors (Lipinski definition) is 4. The monoisotopic (exact) mass is 257 g/mol. The summed E-state index contributed by atoms with van der Waals surface area (Å²) in [7, 11) is 0. The average molecular weight is 257 g/mol. The molecule has 0 unspecified atom stereocenters. The van der Waals surface area contributed by atoms with Crippen LogP contribution >= 0.6 is 0 Å². The summed E-state index contributed by atoms with van der Waals surface area (Å²) in [5, 5.41) is 2.75. The SMILES string of the molecule is CCOc1c(N)cccc1C(=O)Nc1cccnc1. The summed E-state index contributed by atoms with van der Waals surface area (Å²) >= 11 is 0. The van der Waals surface area contributed by atoms with E-state index in [1.165, 1.54) is 0 Å². The van der Waals surface area contributed by atoms with Crippen LogP contribution in [0, 0.1) is 0 Å². The van der Waals surface area contributed by atoms with Crippen molar-refractivity contribution in [2.45, 2.75) is 6.92 Å². The van der Waals surface area contributed by atoms with Gasteiger partial charge in [-0.05, 0) is 31.2 Å². The average Bonchev–Trinajstić information content (AvgIpc) is 2.42. The highest BCUT2D eigenvalue weighted by atomic mass is 16.5. The number of ether oxygens (including phenoxy) is 1. The number of nitrogens with two attached hydrogens (primary N) is 1. The first-order valence-corrected chi connectivity index (χ1v) is 5.95. The van der Waals surface area contributed by atoms with E-state index in [1.54, 1.807) is 42.7 Å². The van der Waals surface area contributed by atoms with Crippen LogP contribution in [0.5, 0.6) is 5.75 Å². The van der Waals surface area contributed by atoms with Crippen molar-refractivity contribution in [1.29, 1.82) is 0 Å². The highest BCUT2D eigenvalue weighted by Crippen LogP contribution is 2.27. The number of hydrogen-bond donors (Lipinski definition) is 2. The van der Waals surface area contributed by atoms with Crippen molar-refractivity contribution in [2.24, 2.45) is 0 Å². The number of pyridine rings is 1. The van der Waals surface area contributed by atoms with E-state index >= 15 is 0 Å². The Morgan fingerprint density at radius 2 is 2.21 bits per heavy atom. The smallest absolute Gasteiger partial charge is 0.259 e. The minimum absolute atomic E-state index is 0.274. The first kappa shape index (κ1) is 12.9. The number of benzene rings is 1. The van der Waals surface area contributed by atoms with Crippen molar-refractivity contribution in [1.82, 2.24) is 4.98 Å². The maximum absolute atomic E-state index is 12.2. The Kier molecular flexibility index (Phi) is 3.97. The normalized spacial score (nSPS) is 9.95. The Balaban J connectivity index is 2.26. The molecule has 0 aliphatic heterocycles. The third kappa shape index (κ3) is 3.01. The van der Waals surface area contributed by atoms with Crippen molar-refractivity contribution in [3.05, 3.63) is 48.3 Å². The first-order chi connectivity index (χ1) is 9.22. The molecule has 19 heavy (non-hydrogen) atoms. The van der Waals surface area contributed by atoms with Crippen molar-refractivity contribution >= 4 is 17.3 Å². The van der Waals surface area contributed by atoms with E-state index in [2.05, 4.69) is 10.3 Å². The van der Waals surface area contributed by atoms with Gasteiger partial charge in [0.15, 0.2) is 5.75 Å². The van der Waals surface area contributed by atoms with Crippen LogP contribution < -0.4 is 15.8 Å². The Labute approximate surface area is 111 Å². The van der Waals surface area contributed by atoms with Gasteiger partial charge < -0.3 is 15.8 Å². The van der Waals surface area contributed by atoms with Crippen molar-refractivity contribution in [3.8, 4) is 5.75 Å². The van der Waals surface area contributed by atoms with Crippen LogP contribution in [0.3, 0.4) is 0 Å². The van der Waals surface area contributed by atoms with Gasteiger partial charge in [0.2, 0.25) is 0 Å². The zero-order valence-electron chi connectivity index (χ0n) is 10.6. The van der Waals surface area contributed by atoms with Crippen LogP contribution in [0.25, 0.3) is 0 Å². The molecule has 0 fully saturated rings. The fourth-order valence-corrected chi connectivity index (χ4v) is 1.67. The zero-order chi connectivity index (χ0) is 13.7. The molecule has 0 bridgehead atoms. The van der Waals surface area contributed by atoms with E-state index in [4.69, 9.17) is 10.5 Å². The van der Waals surface area contributed by atoms with Crippen LogP contribution in [-0.4, -0.2) is 17.5 Å². The molecule has 0 saturated carbocycles. The summed E-state index contributed by atoms with van der Waals surface area (Å²) in [6.45, 7) is 2.29. The number of para-hydroxylation sites is 1. The highest BCUT2D eigenvalue weighted by molar-refractivity contribution is 6.07. The summed E-state index contributed by atoms with van der Waals surface area (Å²) in [5.74, 6) is 0.134. The van der Waals surface area contributed by atoms with E-state index < -0.39 is 0 Å². The standard InChI is InChI=1S/C14H15N3O2/c1-2-19-13-11(6-3-7-12(13)15)14(18)17-10-5-4-8-16-9-10/h3-9H,2,15H2,1H3,(H,17,18). The van der Waals surface area contributed by atoms with Gasteiger partial charge in [-0.15, -0.1) is 0 Å². The second-order valence-corrected chi connectivity index (χ2v) is 3.85. The maximum Gasteiger partial charge on any atom is 0.259 e. The number of rotatable bonds is 4. The number of carbonyl (C=O) groups excluding carboxylic acids is 1. The van der Waals surface area contributed by atoms with Crippen molar-refractivity contribution in [3.63, 3.8) is 0 Å². The molecular formula is C14H15N3O2. The predicted octanol–water partition coefficient (Wildman–Crippen LogP) is 2.31. The molecule has 1 heterocycles. The van der Waals surface area contributed by atoms with E-state index in [9.17, 15) is 4.79 Å². The molecular weight excluding hydrogens is 242 g/mol. The van der Waals surface area contributed by atoms with Gasteiger partial charge >= 0.3 is 0 Å². The second kappa shape index (κ2) is 5.86. The van der Waals surface area contributed by atoms with Crippen molar-refractivity contribution < 1.29 is 9.53 Å². The van der Waals surface area contributed by atoms with Crippen LogP contribution in [0.2, 0.25) is 0 Å². The molecule has 0 saturated heterocycles. The number of amides is 1. The van der Waals surface area contributed by atoms with E-state index in [1.807, 2.05) is 6.92 Å². The zero-order valence-corrected chi connectivity index (χ0v) is 10.6. The Bertz CT molecular complexity index is 570. The van der Waals surface area contributed by atoms with Crippen LogP contribution in [0.1, 0.15) is 17.3 Å². The summed E-state index contributed by atoms with van der Waals surface area (Å²) < 4.78 is 5.43. The fourth-order valence-electron chi connectivity index (χ4n) is 1.67. The van der Waals surface area contributed by atoms with E-state index in [0.29, 0.717) is 29.3 Å². The summed E-state index contributed by atoms with van der Waals surface area (Å²) in [4.78, 5) is 16.1. The molecule has 0 atom stereocenters. The molecule has 1 aromatic carbocycles. The number of nitrogens with zero attached hydrogens (tertiary/aromatic N) is 1. The molecule has 0 aliphatic rings. The minimum Gasteiger partial charge on any atom is -0.491 e. The Morgan fingerprint density at radius 3 is 2.89 bits per heavy atom. The first-order valence-electron chi connectivity index (χ1n) is 5.95. The molecule has 1 aromatic heterocycles. The van der Waals surface area contributed by atoms with Gasteiger partial charge in [0.1, 0.15) is 0 Å².